The second kappa shape index (κ2) is 11.5. The van der Waals surface area contributed by atoms with Gasteiger partial charge in [-0.2, -0.15) is 5.26 Å². The van der Waals surface area contributed by atoms with Crippen molar-refractivity contribution in [1.29, 1.82) is 5.26 Å². The summed E-state index contributed by atoms with van der Waals surface area (Å²) in [6.07, 6.45) is 5.78. The van der Waals surface area contributed by atoms with E-state index in [1.165, 1.54) is 0 Å². The summed E-state index contributed by atoms with van der Waals surface area (Å²) < 4.78 is 11.3. The van der Waals surface area contributed by atoms with Crippen LogP contribution in [-0.2, 0) is 14.3 Å². The number of ether oxygens (including phenoxy) is 2. The number of hydrogen-bond donors (Lipinski definition) is 1. The molecule has 0 radical (unpaired) electrons. The van der Waals surface area contributed by atoms with E-state index >= 15 is 0 Å². The topological polar surface area (TPSA) is 94.9 Å². The summed E-state index contributed by atoms with van der Waals surface area (Å²) in [5, 5.41) is 12.4. The van der Waals surface area contributed by atoms with Crippen molar-refractivity contribution in [2.24, 2.45) is 0 Å². The van der Waals surface area contributed by atoms with Gasteiger partial charge in [0.05, 0.1) is 6.61 Å². The molecule has 2 atom stereocenters. The van der Waals surface area contributed by atoms with Crippen molar-refractivity contribution in [1.82, 2.24) is 15.1 Å². The van der Waals surface area contributed by atoms with Crippen LogP contribution in [0.15, 0.2) is 48.6 Å². The van der Waals surface area contributed by atoms with Gasteiger partial charge in [-0.3, -0.25) is 9.69 Å². The summed E-state index contributed by atoms with van der Waals surface area (Å²) in [5.74, 6) is -0.122. The Hall–Kier alpha value is -3.15. The average Bonchev–Trinajstić information content (AvgIpc) is 2.83. The van der Waals surface area contributed by atoms with Crippen molar-refractivity contribution in [3.63, 3.8) is 0 Å². The highest BCUT2D eigenvalue weighted by molar-refractivity contribution is 5.85. The van der Waals surface area contributed by atoms with Crippen LogP contribution >= 0.6 is 0 Å². The highest BCUT2D eigenvalue weighted by Crippen LogP contribution is 2.29. The number of nitrogens with zero attached hydrogens (tertiary/aromatic N) is 3. The summed E-state index contributed by atoms with van der Waals surface area (Å²) in [4.78, 5) is 28.6. The van der Waals surface area contributed by atoms with Crippen LogP contribution in [0, 0.1) is 11.3 Å². The third kappa shape index (κ3) is 7.67. The van der Waals surface area contributed by atoms with Gasteiger partial charge in [0.25, 0.3) is 0 Å². The Kier molecular flexibility index (Phi) is 8.71. The van der Waals surface area contributed by atoms with Gasteiger partial charge in [0, 0.05) is 39.1 Å². The molecule has 1 unspecified atom stereocenters. The van der Waals surface area contributed by atoms with Crippen LogP contribution in [0.5, 0.6) is 0 Å². The van der Waals surface area contributed by atoms with Crippen LogP contribution in [0.3, 0.4) is 0 Å². The second-order valence-corrected chi connectivity index (χ2v) is 9.95. The van der Waals surface area contributed by atoms with E-state index in [9.17, 15) is 14.9 Å². The standard InChI is InChI=1S/C27H36N4O4/c1-21(29-25(33)35-26(2,3)4)24(32)31-16-14-30(15-17-31)18-19-34-27(20-28)12-10-23(11-13-27)22-8-6-5-7-9-22/h5-12,21H,13-19H2,1-4H3,(H,29,33)/t21-,27?/m0/s1. The number of carbonyl (C=O) groups excluding carboxylic acids is 2. The molecule has 1 aliphatic heterocycles. The number of nitriles is 1. The minimum absolute atomic E-state index is 0.122. The molecule has 8 heteroatoms. The van der Waals surface area contributed by atoms with E-state index in [1.54, 1.807) is 32.6 Å². The van der Waals surface area contributed by atoms with Crippen LogP contribution in [0.25, 0.3) is 5.57 Å². The zero-order chi connectivity index (χ0) is 25.5. The lowest BCUT2D eigenvalue weighted by Crippen LogP contribution is -2.55. The molecule has 1 saturated heterocycles. The normalized spacial score (nSPS) is 21.6. The predicted octanol–water partition coefficient (Wildman–Crippen LogP) is 3.37. The van der Waals surface area contributed by atoms with Crippen molar-refractivity contribution >= 4 is 17.6 Å². The van der Waals surface area contributed by atoms with Crippen molar-refractivity contribution < 1.29 is 19.1 Å². The summed E-state index contributed by atoms with van der Waals surface area (Å²) in [6.45, 7) is 10.7. The summed E-state index contributed by atoms with van der Waals surface area (Å²) in [7, 11) is 0. The molecule has 2 amide bonds. The molecule has 0 saturated carbocycles. The molecule has 8 nitrogen and oxygen atoms in total. The summed E-state index contributed by atoms with van der Waals surface area (Å²) in [5.41, 5.74) is 0.659. The second-order valence-electron chi connectivity index (χ2n) is 9.95. The number of carbonyl (C=O) groups is 2. The van der Waals surface area contributed by atoms with Crippen molar-refractivity contribution in [3.05, 3.63) is 54.1 Å². The summed E-state index contributed by atoms with van der Waals surface area (Å²) in [6, 6.07) is 11.8. The lowest BCUT2D eigenvalue weighted by molar-refractivity contribution is -0.134. The highest BCUT2D eigenvalue weighted by atomic mass is 16.6. The molecule has 0 aromatic heterocycles. The van der Waals surface area contributed by atoms with Crippen LogP contribution in [0.1, 0.15) is 39.7 Å². The molecule has 1 heterocycles. The number of hydrogen-bond acceptors (Lipinski definition) is 6. The molecule has 2 aliphatic rings. The molecule has 3 rings (SSSR count). The van der Waals surface area contributed by atoms with E-state index in [2.05, 4.69) is 34.5 Å². The Labute approximate surface area is 208 Å². The number of benzene rings is 1. The quantitative estimate of drug-likeness (QED) is 0.643. The maximum Gasteiger partial charge on any atom is 0.408 e. The number of alkyl carbamates (subject to hydrolysis) is 1. The molecule has 1 fully saturated rings. The molecular formula is C27H36N4O4. The fourth-order valence-electron chi connectivity index (χ4n) is 4.06. The maximum atomic E-state index is 12.7. The van der Waals surface area contributed by atoms with Crippen LogP contribution in [0.4, 0.5) is 4.79 Å². The number of rotatable bonds is 7. The van der Waals surface area contributed by atoms with E-state index in [4.69, 9.17) is 9.47 Å². The Balaban J connectivity index is 1.40. The third-order valence-electron chi connectivity index (χ3n) is 6.01. The molecule has 1 N–H and O–H groups in total. The monoisotopic (exact) mass is 480 g/mol. The first-order valence-electron chi connectivity index (χ1n) is 12.1. The molecule has 0 spiro atoms. The fraction of sp³-hybridized carbons (Fsp3) is 0.519. The van der Waals surface area contributed by atoms with Gasteiger partial charge in [-0.15, -0.1) is 0 Å². The van der Waals surface area contributed by atoms with Gasteiger partial charge in [0.15, 0.2) is 5.60 Å². The number of amides is 2. The molecule has 1 aromatic carbocycles. The van der Waals surface area contributed by atoms with Crippen molar-refractivity contribution in [2.45, 2.75) is 51.4 Å². The zero-order valence-electron chi connectivity index (χ0n) is 21.1. The molecule has 1 aromatic rings. The Bertz CT molecular complexity index is 985. The first kappa shape index (κ1) is 26.5. The summed E-state index contributed by atoms with van der Waals surface area (Å²) >= 11 is 0. The minimum atomic E-state index is -0.946. The first-order valence-corrected chi connectivity index (χ1v) is 12.1. The highest BCUT2D eigenvalue weighted by Gasteiger charge is 2.31. The molecule has 1 aliphatic carbocycles. The van der Waals surface area contributed by atoms with E-state index in [-0.39, 0.29) is 5.91 Å². The van der Waals surface area contributed by atoms with Gasteiger partial charge in [-0.25, -0.2) is 4.79 Å². The molecule has 0 bridgehead atoms. The fourth-order valence-corrected chi connectivity index (χ4v) is 4.06. The van der Waals surface area contributed by atoms with Gasteiger partial charge < -0.3 is 19.7 Å². The number of allylic oxidation sites excluding steroid dienone is 2. The smallest absolute Gasteiger partial charge is 0.408 e. The van der Waals surface area contributed by atoms with Crippen molar-refractivity contribution in [2.75, 3.05) is 39.3 Å². The first-order chi connectivity index (χ1) is 16.6. The van der Waals surface area contributed by atoms with Gasteiger partial charge in [-0.1, -0.05) is 42.5 Å². The van der Waals surface area contributed by atoms with Crippen LogP contribution in [0.2, 0.25) is 0 Å². The molecular weight excluding hydrogens is 444 g/mol. The van der Waals surface area contributed by atoms with Gasteiger partial charge >= 0.3 is 6.09 Å². The lowest BCUT2D eigenvalue weighted by atomic mass is 9.90. The van der Waals surface area contributed by atoms with E-state index in [1.807, 2.05) is 30.4 Å². The van der Waals surface area contributed by atoms with Gasteiger partial charge in [0.2, 0.25) is 5.91 Å². The predicted molar refractivity (Wildman–Crippen MR) is 134 cm³/mol. The van der Waals surface area contributed by atoms with E-state index < -0.39 is 23.3 Å². The lowest BCUT2D eigenvalue weighted by Gasteiger charge is -2.36. The Morgan fingerprint density at radius 2 is 1.86 bits per heavy atom. The van der Waals surface area contributed by atoms with Gasteiger partial charge in [-0.05, 0) is 44.9 Å². The largest absolute Gasteiger partial charge is 0.444 e. The Morgan fingerprint density at radius 3 is 2.43 bits per heavy atom. The van der Waals surface area contributed by atoms with E-state index in [0.717, 1.165) is 11.1 Å². The number of nitrogens with one attached hydrogen (secondary N) is 1. The average molecular weight is 481 g/mol. The molecule has 35 heavy (non-hydrogen) atoms. The Morgan fingerprint density at radius 1 is 1.17 bits per heavy atom. The van der Waals surface area contributed by atoms with Gasteiger partial charge in [0.1, 0.15) is 17.7 Å². The SMILES string of the molecule is C[C@H](NC(=O)OC(C)(C)C)C(=O)N1CCN(CCOC2(C#N)C=CC(c3ccccc3)=CC2)CC1. The number of piperazine rings is 1. The zero-order valence-corrected chi connectivity index (χ0v) is 21.1. The maximum absolute atomic E-state index is 12.7. The van der Waals surface area contributed by atoms with Crippen LogP contribution in [-0.4, -0.2) is 78.4 Å². The van der Waals surface area contributed by atoms with Crippen molar-refractivity contribution in [3.8, 4) is 6.07 Å². The minimum Gasteiger partial charge on any atom is -0.444 e. The molecule has 188 valence electrons. The third-order valence-corrected chi connectivity index (χ3v) is 6.01. The van der Waals surface area contributed by atoms with Crippen LogP contribution < -0.4 is 5.32 Å². The van der Waals surface area contributed by atoms with E-state index in [0.29, 0.717) is 45.8 Å².